The summed E-state index contributed by atoms with van der Waals surface area (Å²) in [4.78, 5) is 40.7. The Labute approximate surface area is 378 Å². The zero-order chi connectivity index (χ0) is 44.8. The molecular weight excluding hydrogens is 850 g/mol. The van der Waals surface area contributed by atoms with Gasteiger partial charge in [0.2, 0.25) is 0 Å². The van der Waals surface area contributed by atoms with Crippen LogP contribution in [0.4, 0.5) is 17.1 Å². The topological polar surface area (TPSA) is 169 Å². The first-order valence-electron chi connectivity index (χ1n) is 22.1. The fourth-order valence-electron chi connectivity index (χ4n) is 9.54. The van der Waals surface area contributed by atoms with Crippen LogP contribution in [0.2, 0.25) is 5.02 Å². The molecule has 2 aliphatic carbocycles. The number of aromatic amines is 1. The van der Waals surface area contributed by atoms with E-state index >= 15 is 0 Å². The Morgan fingerprint density at radius 1 is 0.984 bits per heavy atom. The van der Waals surface area contributed by atoms with E-state index < -0.39 is 15.9 Å². The molecule has 3 aliphatic rings. The van der Waals surface area contributed by atoms with Gasteiger partial charge in [-0.15, -0.1) is 0 Å². The van der Waals surface area contributed by atoms with Crippen LogP contribution >= 0.6 is 11.6 Å². The number of anilines is 2. The minimum absolute atomic E-state index is 0.124. The molecule has 0 spiro atoms. The van der Waals surface area contributed by atoms with Gasteiger partial charge in [0.25, 0.3) is 21.6 Å². The predicted octanol–water partition coefficient (Wildman–Crippen LogP) is 8.46. The summed E-state index contributed by atoms with van der Waals surface area (Å²) in [7, 11) is -3.13. The van der Waals surface area contributed by atoms with Gasteiger partial charge < -0.3 is 15.3 Å². The minimum Gasteiger partial charge on any atom is -0.393 e. The summed E-state index contributed by atoms with van der Waals surface area (Å²) >= 11 is 6.27. The van der Waals surface area contributed by atoms with Crippen molar-refractivity contribution in [2.45, 2.75) is 69.8 Å². The number of sulfonamides is 1. The van der Waals surface area contributed by atoms with Crippen LogP contribution in [-0.2, 0) is 10.0 Å². The Morgan fingerprint density at radius 2 is 1.75 bits per heavy atom. The fourth-order valence-corrected chi connectivity index (χ4v) is 10.6. The van der Waals surface area contributed by atoms with Crippen LogP contribution in [0, 0.1) is 16.2 Å². The van der Waals surface area contributed by atoms with Gasteiger partial charge in [-0.05, 0) is 122 Å². The van der Waals surface area contributed by atoms with Crippen molar-refractivity contribution in [2.24, 2.45) is 11.3 Å². The van der Waals surface area contributed by atoms with E-state index in [9.17, 15) is 23.2 Å². The number of pyridine rings is 1. The van der Waals surface area contributed by atoms with Gasteiger partial charge in [0.1, 0.15) is 11.2 Å². The van der Waals surface area contributed by atoms with Gasteiger partial charge in [0.05, 0.1) is 27.8 Å². The summed E-state index contributed by atoms with van der Waals surface area (Å²) in [5.41, 5.74) is 8.39. The van der Waals surface area contributed by atoms with Crippen molar-refractivity contribution in [1.82, 2.24) is 29.4 Å². The molecule has 4 heterocycles. The number of amides is 1. The number of hydrogen-bond donors (Lipinski definition) is 4. The monoisotopic (exact) mass is 904 g/mol. The van der Waals surface area contributed by atoms with E-state index in [2.05, 4.69) is 55.9 Å². The maximum absolute atomic E-state index is 14.3. The quantitative estimate of drug-likeness (QED) is 0.0875. The third-order valence-corrected chi connectivity index (χ3v) is 14.9. The maximum atomic E-state index is 14.3. The van der Waals surface area contributed by atoms with Gasteiger partial charge >= 0.3 is 0 Å². The fraction of sp³-hybridized carbons (Fsp3) is 0.396. The van der Waals surface area contributed by atoms with E-state index in [1.165, 1.54) is 35.9 Å². The molecule has 1 saturated carbocycles. The molecule has 0 atom stereocenters. The Kier molecular flexibility index (Phi) is 12.1. The van der Waals surface area contributed by atoms with Crippen molar-refractivity contribution >= 4 is 72.2 Å². The number of aromatic nitrogens is 4. The van der Waals surface area contributed by atoms with E-state index in [1.54, 1.807) is 29.2 Å². The number of nitrogens with zero attached hydrogens (tertiary/aromatic N) is 6. The number of carbonyl (C=O) groups is 1. The highest BCUT2D eigenvalue weighted by atomic mass is 35.5. The van der Waals surface area contributed by atoms with Crippen molar-refractivity contribution in [3.63, 3.8) is 0 Å². The Hall–Kier alpha value is -5.61. The number of piperazine rings is 1. The molecule has 1 aliphatic heterocycles. The number of nitrogens with one attached hydrogen (secondary N) is 3. The van der Waals surface area contributed by atoms with E-state index in [-0.39, 0.29) is 27.7 Å². The van der Waals surface area contributed by atoms with Crippen LogP contribution in [0.1, 0.15) is 74.7 Å². The lowest BCUT2D eigenvalue weighted by molar-refractivity contribution is -0.427. The highest BCUT2D eigenvalue weighted by molar-refractivity contribution is 7.90. The standard InChI is InChI=1S/C48H54ClN9O5S/c1-48(2)18-16-34(40(27-48)32-6-8-35(49)9-7-32)30-56-20-22-57(23-21-56)36-10-14-39(43(25-36)58-45-24-33-17-19-50-46(33)53-42(45)29-52-58)47(60)54-64(62,63)38-13-15-41(44(26-38)55(3)61)51-28-31-4-11-37(59)12-5-31/h6-10,13-15,17,19,24-26,29,31,37,59H,4-5,11-12,16,18,20-23,27-28,30H2,1-3H3,(H2-,50,51,52,53,54,60,61)/p+1. The Bertz CT molecular complexity index is 2870. The molecule has 9 rings (SSSR count). The number of carbonyl (C=O) groups excluding carboxylic acids is 1. The smallest absolute Gasteiger partial charge is 0.279 e. The number of allylic oxidation sites excluding steroid dienone is 1. The Balaban J connectivity index is 0.970. The molecule has 6 aromatic rings. The van der Waals surface area contributed by atoms with Crippen molar-refractivity contribution in [3.05, 3.63) is 112 Å². The molecule has 3 aromatic heterocycles. The van der Waals surface area contributed by atoms with Crippen LogP contribution in [0.5, 0.6) is 0 Å². The molecule has 2 fully saturated rings. The second kappa shape index (κ2) is 17.8. The van der Waals surface area contributed by atoms with Crippen LogP contribution in [-0.4, -0.2) is 101 Å². The number of benzene rings is 3. The number of aliphatic hydroxyl groups is 1. The van der Waals surface area contributed by atoms with Crippen LogP contribution < -0.4 is 14.9 Å². The van der Waals surface area contributed by atoms with Crippen molar-refractivity contribution in [2.75, 3.05) is 56.5 Å². The highest BCUT2D eigenvalue weighted by Gasteiger charge is 2.31. The summed E-state index contributed by atoms with van der Waals surface area (Å²) in [5, 5.41) is 18.0. The molecule has 3 aromatic carbocycles. The van der Waals surface area contributed by atoms with Crippen LogP contribution in [0.15, 0.2) is 95.7 Å². The first-order chi connectivity index (χ1) is 30.7. The van der Waals surface area contributed by atoms with E-state index in [1.807, 2.05) is 36.4 Å². The molecule has 0 radical (unpaired) electrons. The third kappa shape index (κ3) is 9.30. The van der Waals surface area contributed by atoms with Crippen LogP contribution in [0.25, 0.3) is 33.3 Å². The second-order valence-corrected chi connectivity index (χ2v) is 20.5. The summed E-state index contributed by atoms with van der Waals surface area (Å²) in [6.45, 7) is 9.40. The normalized spacial score (nSPS) is 19.6. The van der Waals surface area contributed by atoms with Gasteiger partial charge in [0, 0.05) is 83.5 Å². The Morgan fingerprint density at radius 3 is 2.50 bits per heavy atom. The minimum atomic E-state index is -4.44. The molecule has 0 unspecified atom stereocenters. The second-order valence-electron chi connectivity index (χ2n) is 18.4. The van der Waals surface area contributed by atoms with Crippen molar-refractivity contribution in [1.29, 1.82) is 0 Å². The number of aliphatic hydroxyl groups excluding tert-OH is 1. The molecular formula is C48H55ClN9O5S+. The molecule has 4 N–H and O–H groups in total. The summed E-state index contributed by atoms with van der Waals surface area (Å²) in [5.74, 6) is -0.504. The number of hydrogen-bond acceptors (Lipinski definition) is 10. The summed E-state index contributed by atoms with van der Waals surface area (Å²) in [6.07, 6.45) is 9.58. The number of nitroso groups, excluding NO2 is 1. The zero-order valence-electron chi connectivity index (χ0n) is 36.5. The molecule has 1 amide bonds. The predicted molar refractivity (Wildman–Crippen MR) is 252 cm³/mol. The average Bonchev–Trinajstić information content (AvgIpc) is 3.92. The van der Waals surface area contributed by atoms with Crippen molar-refractivity contribution < 1.29 is 23.1 Å². The van der Waals surface area contributed by atoms with Gasteiger partial charge in [-0.25, -0.2) is 23.1 Å². The largest absolute Gasteiger partial charge is 0.393 e. The lowest BCUT2D eigenvalue weighted by Crippen LogP contribution is -2.47. The summed E-state index contributed by atoms with van der Waals surface area (Å²) in [6, 6.07) is 21.7. The molecule has 1 saturated heterocycles. The van der Waals surface area contributed by atoms with E-state index in [0.717, 1.165) is 93.8 Å². The molecule has 0 bridgehead atoms. The number of fused-ring (bicyclic) bond motifs is 2. The van der Waals surface area contributed by atoms with Crippen molar-refractivity contribution in [3.8, 4) is 5.69 Å². The number of halogens is 1. The lowest BCUT2D eigenvalue weighted by Gasteiger charge is -2.39. The van der Waals surface area contributed by atoms with Crippen LogP contribution in [0.3, 0.4) is 0 Å². The van der Waals surface area contributed by atoms with Gasteiger partial charge in [-0.1, -0.05) is 43.2 Å². The van der Waals surface area contributed by atoms with E-state index in [0.29, 0.717) is 45.3 Å². The highest BCUT2D eigenvalue weighted by Crippen LogP contribution is 2.43. The first kappa shape index (κ1) is 43.6. The SMILES string of the molecule is C[N+](=O)c1cc(S(=O)(=O)NC(=O)c2ccc(N3CCN(CC4=C(c5ccc(Cl)cc5)CC(C)(C)CC4)CC3)cc2-n2[nH]cc3nc4nccc4cc32)ccc1NCC1CCC(O)CC1. The maximum Gasteiger partial charge on any atom is 0.279 e. The average molecular weight is 906 g/mol. The number of H-pyrrole nitrogens is 1. The van der Waals surface area contributed by atoms with Gasteiger partial charge in [-0.2, -0.15) is 0 Å². The van der Waals surface area contributed by atoms with Gasteiger partial charge in [-0.3, -0.25) is 19.5 Å². The molecule has 64 heavy (non-hydrogen) atoms. The molecule has 334 valence electrons. The first-order valence-corrected chi connectivity index (χ1v) is 24.0. The molecule has 14 nitrogen and oxygen atoms in total. The number of rotatable bonds is 12. The zero-order valence-corrected chi connectivity index (χ0v) is 38.1. The van der Waals surface area contributed by atoms with Gasteiger partial charge in [0.15, 0.2) is 12.7 Å². The molecule has 16 heteroatoms. The lowest BCUT2D eigenvalue weighted by atomic mass is 9.72. The third-order valence-electron chi connectivity index (χ3n) is 13.3. The summed E-state index contributed by atoms with van der Waals surface area (Å²) < 4.78 is 32.5. The van der Waals surface area contributed by atoms with E-state index in [4.69, 9.17) is 16.6 Å².